The molecule has 1 aromatic rings. The highest BCUT2D eigenvalue weighted by Crippen LogP contribution is 2.19. The molecule has 34 heavy (non-hydrogen) atoms. The Kier molecular flexibility index (Phi) is 9.47. The largest absolute Gasteiger partial charge is 0.376 e. The van der Waals surface area contributed by atoms with Crippen molar-refractivity contribution in [2.75, 3.05) is 32.8 Å². The predicted molar refractivity (Wildman–Crippen MR) is 128 cm³/mol. The topological polar surface area (TPSA) is 114 Å². The Morgan fingerprint density at radius 3 is 2.24 bits per heavy atom. The third-order valence-electron chi connectivity index (χ3n) is 6.25. The second-order valence-electron chi connectivity index (χ2n) is 9.39. The van der Waals surface area contributed by atoms with Gasteiger partial charge in [0.15, 0.2) is 0 Å². The molecule has 2 heterocycles. The van der Waals surface area contributed by atoms with E-state index in [1.165, 1.54) is 17.0 Å². The first-order chi connectivity index (χ1) is 16.2. The lowest BCUT2D eigenvalue weighted by molar-refractivity contribution is -0.143. The lowest BCUT2D eigenvalue weighted by Crippen LogP contribution is -2.56. The molecule has 3 atom stereocenters. The molecule has 2 saturated heterocycles. The smallest absolute Gasteiger partial charge is 0.243 e. The van der Waals surface area contributed by atoms with Gasteiger partial charge in [-0.05, 0) is 50.7 Å². The number of amides is 2. The van der Waals surface area contributed by atoms with Crippen LogP contribution in [0.15, 0.2) is 29.2 Å². The monoisotopic (exact) mass is 495 g/mol. The van der Waals surface area contributed by atoms with E-state index in [9.17, 15) is 18.0 Å². The zero-order valence-electron chi connectivity index (χ0n) is 20.3. The Labute approximate surface area is 202 Å². The quantitative estimate of drug-likeness (QED) is 0.482. The summed E-state index contributed by atoms with van der Waals surface area (Å²) in [5.41, 5.74) is 0.937. The highest BCUT2D eigenvalue weighted by molar-refractivity contribution is 7.89. The minimum absolute atomic E-state index is 0.0135. The van der Waals surface area contributed by atoms with Gasteiger partial charge in [-0.1, -0.05) is 31.5 Å². The van der Waals surface area contributed by atoms with Gasteiger partial charge in [-0.2, -0.15) is 0 Å². The molecule has 0 bridgehead atoms. The van der Waals surface area contributed by atoms with Crippen molar-refractivity contribution in [1.29, 1.82) is 0 Å². The molecule has 2 aliphatic rings. The molecule has 2 aliphatic heterocycles. The molecule has 2 fully saturated rings. The highest BCUT2D eigenvalue weighted by Gasteiger charge is 2.35. The van der Waals surface area contributed by atoms with Gasteiger partial charge < -0.3 is 19.7 Å². The van der Waals surface area contributed by atoms with E-state index in [1.54, 1.807) is 12.1 Å². The molecule has 1 aromatic carbocycles. The van der Waals surface area contributed by atoms with E-state index in [0.29, 0.717) is 19.8 Å². The zero-order valence-corrected chi connectivity index (χ0v) is 21.1. The number of carbonyl (C=O) groups excluding carboxylic acids is 2. The molecular formula is C24H37N3O6S. The fourth-order valence-corrected chi connectivity index (χ4v) is 5.34. The Bertz CT molecular complexity index is 923. The number of rotatable bonds is 11. The molecule has 0 aromatic heterocycles. The molecule has 0 unspecified atom stereocenters. The third kappa shape index (κ3) is 7.24. The van der Waals surface area contributed by atoms with E-state index >= 15 is 0 Å². The summed E-state index contributed by atoms with van der Waals surface area (Å²) in [5, 5.41) is 2.93. The summed E-state index contributed by atoms with van der Waals surface area (Å²) in [6.07, 6.45) is 3.36. The maximum absolute atomic E-state index is 13.3. The molecular weight excluding hydrogens is 458 g/mol. The van der Waals surface area contributed by atoms with Crippen molar-refractivity contribution in [3.05, 3.63) is 29.8 Å². The van der Waals surface area contributed by atoms with Crippen LogP contribution >= 0.6 is 0 Å². The van der Waals surface area contributed by atoms with Crippen molar-refractivity contribution in [2.45, 2.75) is 69.6 Å². The van der Waals surface area contributed by atoms with Crippen molar-refractivity contribution in [3.63, 3.8) is 0 Å². The average molecular weight is 496 g/mol. The molecule has 0 aliphatic carbocycles. The molecule has 0 saturated carbocycles. The number of hydrogen-bond donors (Lipinski definition) is 2. The van der Waals surface area contributed by atoms with Crippen LogP contribution in [-0.2, 0) is 29.1 Å². The lowest BCUT2D eigenvalue weighted by Gasteiger charge is -2.35. The number of nitrogens with zero attached hydrogens (tertiary/aromatic N) is 1. The van der Waals surface area contributed by atoms with E-state index in [1.807, 2.05) is 20.8 Å². The van der Waals surface area contributed by atoms with Crippen LogP contribution in [0.4, 0.5) is 0 Å². The number of sulfonamides is 1. The van der Waals surface area contributed by atoms with Crippen LogP contribution in [0.3, 0.4) is 0 Å². The van der Waals surface area contributed by atoms with Gasteiger partial charge in [0.25, 0.3) is 0 Å². The zero-order chi connectivity index (χ0) is 24.7. The van der Waals surface area contributed by atoms with Crippen LogP contribution in [0, 0.1) is 12.8 Å². The predicted octanol–water partition coefficient (Wildman–Crippen LogP) is 1.60. The SMILES string of the molecule is Cc1ccc(S(=O)(=O)NCC(=O)N(C[C@@H]2CCCO2)[C@H](C(=O)NC[C@H]2CCCO2)C(C)C)cc1. The summed E-state index contributed by atoms with van der Waals surface area (Å²) in [7, 11) is -3.87. The number of ether oxygens (including phenoxy) is 2. The van der Waals surface area contributed by atoms with Gasteiger partial charge in [-0.25, -0.2) is 13.1 Å². The van der Waals surface area contributed by atoms with Gasteiger partial charge in [-0.15, -0.1) is 0 Å². The maximum Gasteiger partial charge on any atom is 0.243 e. The average Bonchev–Trinajstić information content (AvgIpc) is 3.50. The van der Waals surface area contributed by atoms with Crippen LogP contribution in [0.25, 0.3) is 0 Å². The summed E-state index contributed by atoms with van der Waals surface area (Å²) >= 11 is 0. The number of carbonyl (C=O) groups is 2. The summed E-state index contributed by atoms with van der Waals surface area (Å²) in [6.45, 7) is 7.12. The Hall–Kier alpha value is -2.01. The highest BCUT2D eigenvalue weighted by atomic mass is 32.2. The van der Waals surface area contributed by atoms with E-state index in [0.717, 1.165) is 31.2 Å². The van der Waals surface area contributed by atoms with Gasteiger partial charge in [0, 0.05) is 26.3 Å². The lowest BCUT2D eigenvalue weighted by atomic mass is 10.00. The first-order valence-corrected chi connectivity index (χ1v) is 13.5. The van der Waals surface area contributed by atoms with Gasteiger partial charge in [-0.3, -0.25) is 9.59 Å². The van der Waals surface area contributed by atoms with Crippen molar-refractivity contribution in [2.24, 2.45) is 5.92 Å². The summed E-state index contributed by atoms with van der Waals surface area (Å²) in [5.74, 6) is -0.904. The standard InChI is InChI=1S/C24H37N3O6S/c1-17(2)23(24(29)25-14-19-6-4-12-32-19)27(16-20-7-5-13-33-20)22(28)15-26-34(30,31)21-10-8-18(3)9-11-21/h8-11,17,19-20,23,26H,4-7,12-16H2,1-3H3,(H,25,29)/t19-,20+,23+/m1/s1. The van der Waals surface area contributed by atoms with Crippen molar-refractivity contribution >= 4 is 21.8 Å². The van der Waals surface area contributed by atoms with Crippen LogP contribution in [0.5, 0.6) is 0 Å². The molecule has 2 N–H and O–H groups in total. The van der Waals surface area contributed by atoms with Crippen molar-refractivity contribution < 1.29 is 27.5 Å². The Morgan fingerprint density at radius 1 is 1.06 bits per heavy atom. The summed E-state index contributed by atoms with van der Waals surface area (Å²) in [4.78, 5) is 28.1. The van der Waals surface area contributed by atoms with Crippen LogP contribution < -0.4 is 10.0 Å². The van der Waals surface area contributed by atoms with E-state index in [-0.39, 0.29) is 35.5 Å². The second kappa shape index (κ2) is 12.1. The summed E-state index contributed by atoms with van der Waals surface area (Å²) < 4.78 is 39.1. The number of benzene rings is 1. The van der Waals surface area contributed by atoms with Gasteiger partial charge >= 0.3 is 0 Å². The molecule has 2 amide bonds. The molecule has 10 heteroatoms. The van der Waals surface area contributed by atoms with E-state index in [4.69, 9.17) is 9.47 Å². The molecule has 3 rings (SSSR count). The number of hydrogen-bond acceptors (Lipinski definition) is 6. The van der Waals surface area contributed by atoms with Crippen molar-refractivity contribution in [1.82, 2.24) is 14.9 Å². The molecule has 0 spiro atoms. The molecule has 0 radical (unpaired) electrons. The fourth-order valence-electron chi connectivity index (χ4n) is 4.37. The van der Waals surface area contributed by atoms with Crippen molar-refractivity contribution in [3.8, 4) is 0 Å². The van der Waals surface area contributed by atoms with Crippen LogP contribution in [0.2, 0.25) is 0 Å². The number of aryl methyl sites for hydroxylation is 1. The first kappa shape index (κ1) is 26.6. The normalized spacial score (nSPS) is 21.5. The first-order valence-electron chi connectivity index (χ1n) is 12.0. The minimum Gasteiger partial charge on any atom is -0.376 e. The summed E-state index contributed by atoms with van der Waals surface area (Å²) in [6, 6.07) is 5.66. The molecule has 9 nitrogen and oxygen atoms in total. The van der Waals surface area contributed by atoms with E-state index < -0.39 is 28.5 Å². The Balaban J connectivity index is 1.71. The second-order valence-corrected chi connectivity index (χ2v) is 11.2. The van der Waals surface area contributed by atoms with Gasteiger partial charge in [0.2, 0.25) is 21.8 Å². The third-order valence-corrected chi connectivity index (χ3v) is 7.67. The number of nitrogens with one attached hydrogen (secondary N) is 2. The fraction of sp³-hybridized carbons (Fsp3) is 0.667. The van der Waals surface area contributed by atoms with E-state index in [2.05, 4.69) is 10.0 Å². The molecule has 190 valence electrons. The van der Waals surface area contributed by atoms with Gasteiger partial charge in [0.1, 0.15) is 6.04 Å². The Morgan fingerprint density at radius 2 is 1.68 bits per heavy atom. The minimum atomic E-state index is -3.87. The van der Waals surface area contributed by atoms with Crippen LogP contribution in [0.1, 0.15) is 45.1 Å². The van der Waals surface area contributed by atoms with Crippen LogP contribution in [-0.4, -0.2) is 76.2 Å². The van der Waals surface area contributed by atoms with Gasteiger partial charge in [0.05, 0.1) is 23.6 Å². The maximum atomic E-state index is 13.3.